The molecule has 1 fully saturated rings. The number of hydrogen-bond acceptors (Lipinski definition) is 6. The molecule has 18 heavy (non-hydrogen) atoms. The number of nitrogens with zero attached hydrogens (tertiary/aromatic N) is 4. The zero-order valence-corrected chi connectivity index (χ0v) is 10.5. The molecule has 8 heteroatoms. The van der Waals surface area contributed by atoms with Crippen molar-refractivity contribution in [2.45, 2.75) is 31.3 Å². The highest BCUT2D eigenvalue weighted by Crippen LogP contribution is 2.32. The van der Waals surface area contributed by atoms with Crippen molar-refractivity contribution in [2.75, 3.05) is 5.73 Å². The highest BCUT2D eigenvalue weighted by Gasteiger charge is 2.27. The van der Waals surface area contributed by atoms with Gasteiger partial charge in [0.25, 0.3) is 0 Å². The van der Waals surface area contributed by atoms with Crippen LogP contribution in [0, 0.1) is 0 Å². The molecule has 1 aliphatic rings. The highest BCUT2D eigenvalue weighted by molar-refractivity contribution is 5.85. The monoisotopic (exact) mass is 270 g/mol. The molecule has 0 spiro atoms. The third-order valence-corrected chi connectivity index (χ3v) is 3.37. The van der Waals surface area contributed by atoms with Crippen LogP contribution in [-0.4, -0.2) is 30.8 Å². The van der Waals surface area contributed by atoms with Gasteiger partial charge in [-0.1, -0.05) is 0 Å². The largest absolute Gasteiger partial charge is 0.382 e. The Hall–Kier alpha value is -1.44. The minimum Gasteiger partial charge on any atom is -0.382 e. The number of nitrogens with one attached hydrogen (secondary N) is 1. The average Bonchev–Trinajstić information content (AvgIpc) is 2.94. The minimum absolute atomic E-state index is 0. The first-order chi connectivity index (χ1) is 8.29. The van der Waals surface area contributed by atoms with E-state index in [1.54, 1.807) is 6.33 Å². The number of fused-ring (bicyclic) bond motifs is 1. The van der Waals surface area contributed by atoms with Gasteiger partial charge in [0.2, 0.25) is 0 Å². The second-order valence-corrected chi connectivity index (χ2v) is 4.38. The third kappa shape index (κ3) is 2.00. The molecule has 1 aliphatic carbocycles. The van der Waals surface area contributed by atoms with E-state index in [4.69, 9.17) is 10.9 Å². The Morgan fingerprint density at radius 2 is 2.17 bits per heavy atom. The summed E-state index contributed by atoms with van der Waals surface area (Å²) in [5, 5.41) is 8.92. The Morgan fingerprint density at radius 3 is 2.89 bits per heavy atom. The van der Waals surface area contributed by atoms with Gasteiger partial charge < -0.3 is 15.5 Å². The van der Waals surface area contributed by atoms with Gasteiger partial charge in [-0.2, -0.15) is 0 Å². The van der Waals surface area contributed by atoms with Crippen LogP contribution in [0.5, 0.6) is 0 Å². The van der Waals surface area contributed by atoms with Gasteiger partial charge >= 0.3 is 0 Å². The van der Waals surface area contributed by atoms with E-state index in [1.807, 2.05) is 4.57 Å². The standard InChI is InChI=1S/C10H14N6O.ClH/c11-9-8-10(13-4-12-9)16(5-14-8)7-2-1-6(3-7)15-17;/h4-7,15,17H,1-3H2,(H2,11,12,13);1H/t6-,7+;/m1./s1. The van der Waals surface area contributed by atoms with Crippen LogP contribution in [0.15, 0.2) is 12.7 Å². The second kappa shape index (κ2) is 5.05. The van der Waals surface area contributed by atoms with E-state index in [1.165, 1.54) is 6.33 Å². The number of hydrogen-bond donors (Lipinski definition) is 3. The Bertz CT molecular complexity index is 544. The fourth-order valence-corrected chi connectivity index (χ4v) is 2.46. The molecule has 0 aromatic carbocycles. The lowest BCUT2D eigenvalue weighted by Crippen LogP contribution is -2.22. The summed E-state index contributed by atoms with van der Waals surface area (Å²) < 4.78 is 2.02. The molecule has 0 bridgehead atoms. The SMILES string of the molecule is Cl.Nc1ncnc2c1ncn2[C@H]1CC[C@@H](NO)C1. The smallest absolute Gasteiger partial charge is 0.165 e. The number of anilines is 1. The summed E-state index contributed by atoms with van der Waals surface area (Å²) in [4.78, 5) is 12.4. The van der Waals surface area contributed by atoms with Crippen molar-refractivity contribution in [1.29, 1.82) is 0 Å². The fraction of sp³-hybridized carbons (Fsp3) is 0.500. The topological polar surface area (TPSA) is 102 Å². The number of nitrogens with two attached hydrogens (primary N) is 1. The normalized spacial score (nSPS) is 23.2. The van der Waals surface area contributed by atoms with Crippen molar-refractivity contribution in [3.8, 4) is 0 Å². The first-order valence-corrected chi connectivity index (χ1v) is 5.62. The molecule has 2 heterocycles. The molecule has 7 nitrogen and oxygen atoms in total. The van der Waals surface area contributed by atoms with Crippen molar-refractivity contribution in [3.63, 3.8) is 0 Å². The summed E-state index contributed by atoms with van der Waals surface area (Å²) in [7, 11) is 0. The molecular weight excluding hydrogens is 256 g/mol. The molecule has 4 N–H and O–H groups in total. The van der Waals surface area contributed by atoms with E-state index in [0.29, 0.717) is 17.4 Å². The Labute approximate surface area is 110 Å². The maximum Gasteiger partial charge on any atom is 0.165 e. The lowest BCUT2D eigenvalue weighted by molar-refractivity contribution is 0.126. The van der Waals surface area contributed by atoms with Crippen LogP contribution in [0.3, 0.4) is 0 Å². The van der Waals surface area contributed by atoms with E-state index < -0.39 is 0 Å². The van der Waals surface area contributed by atoms with E-state index in [2.05, 4.69) is 20.4 Å². The molecule has 0 aliphatic heterocycles. The summed E-state index contributed by atoms with van der Waals surface area (Å²) >= 11 is 0. The van der Waals surface area contributed by atoms with Crippen molar-refractivity contribution in [2.24, 2.45) is 0 Å². The van der Waals surface area contributed by atoms with E-state index in [-0.39, 0.29) is 18.4 Å². The maximum atomic E-state index is 8.92. The highest BCUT2D eigenvalue weighted by atomic mass is 35.5. The third-order valence-electron chi connectivity index (χ3n) is 3.37. The first-order valence-electron chi connectivity index (χ1n) is 5.62. The molecule has 3 rings (SSSR count). The zero-order chi connectivity index (χ0) is 11.8. The fourth-order valence-electron chi connectivity index (χ4n) is 2.46. The van der Waals surface area contributed by atoms with Gasteiger partial charge in [-0.25, -0.2) is 20.4 Å². The number of imidazole rings is 1. The van der Waals surface area contributed by atoms with Crippen LogP contribution in [0.4, 0.5) is 5.82 Å². The van der Waals surface area contributed by atoms with Crippen LogP contribution in [0.25, 0.3) is 11.2 Å². The van der Waals surface area contributed by atoms with E-state index >= 15 is 0 Å². The van der Waals surface area contributed by atoms with Gasteiger partial charge in [-0.05, 0) is 19.3 Å². The number of hydroxylamine groups is 1. The number of aromatic nitrogens is 4. The Kier molecular flexibility index (Phi) is 3.65. The quantitative estimate of drug-likeness (QED) is 0.701. The maximum absolute atomic E-state index is 8.92. The van der Waals surface area contributed by atoms with Crippen molar-refractivity contribution in [1.82, 2.24) is 25.0 Å². The average molecular weight is 271 g/mol. The summed E-state index contributed by atoms with van der Waals surface area (Å²) in [6.45, 7) is 0. The first kappa shape index (κ1) is 13.0. The molecule has 1 saturated carbocycles. The predicted molar refractivity (Wildman–Crippen MR) is 68.6 cm³/mol. The van der Waals surface area contributed by atoms with Crippen LogP contribution >= 0.6 is 12.4 Å². The molecule has 2 aromatic heterocycles. The van der Waals surface area contributed by atoms with Gasteiger partial charge in [0.1, 0.15) is 11.8 Å². The summed E-state index contributed by atoms with van der Waals surface area (Å²) in [6.07, 6.45) is 6.01. The van der Waals surface area contributed by atoms with Crippen molar-refractivity contribution in [3.05, 3.63) is 12.7 Å². The van der Waals surface area contributed by atoms with Gasteiger partial charge in [0.15, 0.2) is 11.5 Å². The van der Waals surface area contributed by atoms with Crippen LogP contribution in [-0.2, 0) is 0 Å². The molecule has 0 saturated heterocycles. The molecule has 98 valence electrons. The van der Waals surface area contributed by atoms with Gasteiger partial charge in [0, 0.05) is 12.1 Å². The predicted octanol–water partition coefficient (Wildman–Crippen LogP) is 0.903. The molecule has 0 amide bonds. The van der Waals surface area contributed by atoms with Gasteiger partial charge in [0.05, 0.1) is 6.33 Å². The summed E-state index contributed by atoms with van der Waals surface area (Å²) in [5.41, 5.74) is 9.48. The molecule has 2 atom stereocenters. The number of rotatable bonds is 2. The zero-order valence-electron chi connectivity index (χ0n) is 9.65. The second-order valence-electron chi connectivity index (χ2n) is 4.38. The Morgan fingerprint density at radius 1 is 1.33 bits per heavy atom. The van der Waals surface area contributed by atoms with Crippen LogP contribution in [0.1, 0.15) is 25.3 Å². The van der Waals surface area contributed by atoms with Crippen molar-refractivity contribution < 1.29 is 5.21 Å². The Balaban J connectivity index is 0.00000120. The van der Waals surface area contributed by atoms with E-state index in [0.717, 1.165) is 24.9 Å². The molecule has 2 aromatic rings. The lowest BCUT2D eigenvalue weighted by atomic mass is 10.2. The number of nitrogen functional groups attached to an aromatic ring is 1. The van der Waals surface area contributed by atoms with Gasteiger partial charge in [-0.15, -0.1) is 12.4 Å². The van der Waals surface area contributed by atoms with E-state index in [9.17, 15) is 0 Å². The van der Waals surface area contributed by atoms with Crippen LogP contribution < -0.4 is 11.2 Å². The number of halogens is 1. The summed E-state index contributed by atoms with van der Waals surface area (Å²) in [5.74, 6) is 0.406. The van der Waals surface area contributed by atoms with Crippen molar-refractivity contribution >= 4 is 29.4 Å². The molecule has 0 unspecified atom stereocenters. The molecular formula is C10H15ClN6O. The van der Waals surface area contributed by atoms with Crippen LogP contribution in [0.2, 0.25) is 0 Å². The van der Waals surface area contributed by atoms with Gasteiger partial charge in [-0.3, -0.25) is 0 Å². The minimum atomic E-state index is 0. The lowest BCUT2D eigenvalue weighted by Gasteiger charge is -2.12. The molecule has 0 radical (unpaired) electrons. The summed E-state index contributed by atoms with van der Waals surface area (Å²) in [6, 6.07) is 0.454.